The van der Waals surface area contributed by atoms with Gasteiger partial charge in [-0.2, -0.15) is 0 Å². The van der Waals surface area contributed by atoms with Crippen LogP contribution in [0.1, 0.15) is 36.2 Å². The van der Waals surface area contributed by atoms with E-state index in [9.17, 15) is 9.59 Å². The van der Waals surface area contributed by atoms with Gasteiger partial charge < -0.3 is 15.0 Å². The van der Waals surface area contributed by atoms with E-state index in [1.165, 1.54) is 0 Å². The summed E-state index contributed by atoms with van der Waals surface area (Å²) in [5, 5.41) is 4.21. The molecular formula is C26H28ClN3O3. The second-order valence-electron chi connectivity index (χ2n) is 8.97. The van der Waals surface area contributed by atoms with Crippen LogP contribution in [0, 0.1) is 18.8 Å². The molecule has 1 N–H and O–H groups in total. The van der Waals surface area contributed by atoms with Crippen molar-refractivity contribution in [3.8, 4) is 5.75 Å². The smallest absolute Gasteiger partial charge is 0.262 e. The Bertz CT molecular complexity index is 1190. The molecule has 33 heavy (non-hydrogen) atoms. The van der Waals surface area contributed by atoms with Gasteiger partial charge in [0.15, 0.2) is 6.61 Å². The number of hydrogen-bond acceptors (Lipinski definition) is 4. The molecule has 3 aromatic rings. The summed E-state index contributed by atoms with van der Waals surface area (Å²) >= 11 is 6.22. The minimum atomic E-state index is -0.318. The van der Waals surface area contributed by atoms with Crippen LogP contribution in [0.4, 0.5) is 5.69 Å². The quantitative estimate of drug-likeness (QED) is 0.552. The van der Waals surface area contributed by atoms with Crippen molar-refractivity contribution in [3.05, 3.63) is 64.8 Å². The topological polar surface area (TPSA) is 71.5 Å². The third kappa shape index (κ3) is 5.28. The van der Waals surface area contributed by atoms with E-state index in [4.69, 9.17) is 16.3 Å². The van der Waals surface area contributed by atoms with Crippen molar-refractivity contribution in [2.75, 3.05) is 25.0 Å². The van der Waals surface area contributed by atoms with Gasteiger partial charge in [-0.05, 0) is 67.1 Å². The predicted octanol–water partition coefficient (Wildman–Crippen LogP) is 5.33. The van der Waals surface area contributed by atoms with E-state index >= 15 is 0 Å². The van der Waals surface area contributed by atoms with Gasteiger partial charge >= 0.3 is 0 Å². The first-order chi connectivity index (χ1) is 15.8. The Labute approximate surface area is 198 Å². The van der Waals surface area contributed by atoms with Crippen LogP contribution in [0.25, 0.3) is 10.9 Å². The molecule has 2 unspecified atom stereocenters. The van der Waals surface area contributed by atoms with Crippen molar-refractivity contribution in [2.24, 2.45) is 11.8 Å². The molecule has 2 heterocycles. The molecule has 2 aromatic carbocycles. The first kappa shape index (κ1) is 23.1. The van der Waals surface area contributed by atoms with E-state index in [0.717, 1.165) is 30.5 Å². The van der Waals surface area contributed by atoms with Gasteiger partial charge in [-0.15, -0.1) is 0 Å². The number of amides is 2. The number of nitrogens with zero attached hydrogens (tertiary/aromatic N) is 2. The van der Waals surface area contributed by atoms with Gasteiger partial charge in [-0.25, -0.2) is 0 Å². The maximum Gasteiger partial charge on any atom is 0.262 e. The molecule has 4 rings (SSSR count). The standard InChI is InChI=1S/C26H28ClN3O3/c1-16-11-17(2)14-30(13-16)26(32)19-7-6-18(3)22(12-19)29-24(31)15-33-23-9-8-21(27)20-5-4-10-28-25(20)23/h4-10,12,16-17H,11,13-15H2,1-3H3,(H,29,31). The van der Waals surface area contributed by atoms with E-state index < -0.39 is 0 Å². The molecule has 7 heteroatoms. The molecule has 0 spiro atoms. The van der Waals surface area contributed by atoms with E-state index in [0.29, 0.717) is 39.4 Å². The molecule has 1 aliphatic heterocycles. The number of aromatic nitrogens is 1. The van der Waals surface area contributed by atoms with Gasteiger partial charge in [0, 0.05) is 35.9 Å². The number of carbonyl (C=O) groups excluding carboxylic acids is 2. The molecule has 0 aliphatic carbocycles. The maximum absolute atomic E-state index is 13.1. The van der Waals surface area contributed by atoms with Gasteiger partial charge in [0.25, 0.3) is 11.8 Å². The summed E-state index contributed by atoms with van der Waals surface area (Å²) in [4.78, 5) is 31.9. The average Bonchev–Trinajstić information content (AvgIpc) is 2.79. The zero-order chi connectivity index (χ0) is 23.5. The highest BCUT2D eigenvalue weighted by molar-refractivity contribution is 6.35. The van der Waals surface area contributed by atoms with Crippen LogP contribution in [0.2, 0.25) is 5.02 Å². The molecule has 2 atom stereocenters. The molecule has 6 nitrogen and oxygen atoms in total. The van der Waals surface area contributed by atoms with Crippen LogP contribution in [-0.4, -0.2) is 41.4 Å². The maximum atomic E-state index is 13.1. The Morgan fingerprint density at radius 1 is 1.15 bits per heavy atom. The van der Waals surface area contributed by atoms with E-state index in [-0.39, 0.29) is 18.4 Å². The average molecular weight is 466 g/mol. The Morgan fingerprint density at radius 2 is 1.91 bits per heavy atom. The number of fused-ring (bicyclic) bond motifs is 1. The van der Waals surface area contributed by atoms with Crippen molar-refractivity contribution in [3.63, 3.8) is 0 Å². The monoisotopic (exact) mass is 465 g/mol. The lowest BCUT2D eigenvalue weighted by atomic mass is 9.91. The Balaban J connectivity index is 1.44. The number of pyridine rings is 1. The summed E-state index contributed by atoms with van der Waals surface area (Å²) in [6.07, 6.45) is 2.79. The summed E-state index contributed by atoms with van der Waals surface area (Å²) in [5.74, 6) is 1.13. The number of hydrogen-bond donors (Lipinski definition) is 1. The van der Waals surface area contributed by atoms with Crippen molar-refractivity contribution in [1.29, 1.82) is 0 Å². The van der Waals surface area contributed by atoms with Crippen molar-refractivity contribution in [1.82, 2.24) is 9.88 Å². The number of carbonyl (C=O) groups is 2. The molecule has 0 bridgehead atoms. The zero-order valence-corrected chi connectivity index (χ0v) is 19.9. The second-order valence-corrected chi connectivity index (χ2v) is 9.38. The third-order valence-electron chi connectivity index (χ3n) is 5.95. The van der Waals surface area contributed by atoms with Gasteiger partial charge in [-0.3, -0.25) is 14.6 Å². The number of ether oxygens (including phenoxy) is 1. The lowest BCUT2D eigenvalue weighted by molar-refractivity contribution is -0.118. The molecular weight excluding hydrogens is 438 g/mol. The highest BCUT2D eigenvalue weighted by Gasteiger charge is 2.26. The fourth-order valence-corrected chi connectivity index (χ4v) is 4.67. The lowest BCUT2D eigenvalue weighted by Crippen LogP contribution is -2.42. The summed E-state index contributed by atoms with van der Waals surface area (Å²) in [6, 6.07) is 12.5. The van der Waals surface area contributed by atoms with E-state index in [1.807, 2.05) is 30.0 Å². The molecule has 1 saturated heterocycles. The van der Waals surface area contributed by atoms with Crippen LogP contribution in [0.5, 0.6) is 5.75 Å². The molecule has 0 radical (unpaired) electrons. The van der Waals surface area contributed by atoms with Gasteiger partial charge in [-0.1, -0.05) is 31.5 Å². The minimum absolute atomic E-state index is 0.00106. The number of benzene rings is 2. The summed E-state index contributed by atoms with van der Waals surface area (Å²) in [7, 11) is 0. The Hall–Kier alpha value is -3.12. The van der Waals surface area contributed by atoms with Crippen LogP contribution < -0.4 is 10.1 Å². The Morgan fingerprint density at radius 3 is 2.67 bits per heavy atom. The molecule has 2 amide bonds. The molecule has 1 aliphatic rings. The molecule has 0 saturated carbocycles. The molecule has 1 aromatic heterocycles. The third-order valence-corrected chi connectivity index (χ3v) is 6.28. The largest absolute Gasteiger partial charge is 0.481 e. The van der Waals surface area contributed by atoms with Gasteiger partial charge in [0.2, 0.25) is 0 Å². The second kappa shape index (κ2) is 9.79. The Kier molecular flexibility index (Phi) is 6.84. The highest BCUT2D eigenvalue weighted by atomic mass is 35.5. The molecule has 172 valence electrons. The summed E-state index contributed by atoms with van der Waals surface area (Å²) in [6.45, 7) is 7.58. The zero-order valence-electron chi connectivity index (χ0n) is 19.1. The van der Waals surface area contributed by atoms with Crippen molar-refractivity contribution in [2.45, 2.75) is 27.2 Å². The fourth-order valence-electron chi connectivity index (χ4n) is 4.46. The van der Waals surface area contributed by atoms with Crippen LogP contribution in [0.15, 0.2) is 48.7 Å². The van der Waals surface area contributed by atoms with Crippen molar-refractivity contribution < 1.29 is 14.3 Å². The number of likely N-dealkylation sites (tertiary alicyclic amines) is 1. The summed E-state index contributed by atoms with van der Waals surface area (Å²) < 4.78 is 5.74. The van der Waals surface area contributed by atoms with E-state index in [1.54, 1.807) is 30.5 Å². The van der Waals surface area contributed by atoms with Crippen LogP contribution in [0.3, 0.4) is 0 Å². The number of halogens is 1. The first-order valence-corrected chi connectivity index (χ1v) is 11.6. The van der Waals surface area contributed by atoms with Gasteiger partial charge in [0.1, 0.15) is 11.3 Å². The van der Waals surface area contributed by atoms with Crippen LogP contribution in [-0.2, 0) is 4.79 Å². The molecule has 1 fully saturated rings. The first-order valence-electron chi connectivity index (χ1n) is 11.2. The minimum Gasteiger partial charge on any atom is -0.481 e. The number of nitrogens with one attached hydrogen (secondary N) is 1. The number of rotatable bonds is 5. The van der Waals surface area contributed by atoms with Crippen LogP contribution >= 0.6 is 11.6 Å². The fraction of sp³-hybridized carbons (Fsp3) is 0.346. The number of anilines is 1. The van der Waals surface area contributed by atoms with Crippen molar-refractivity contribution >= 4 is 40.0 Å². The SMILES string of the molecule is Cc1ccc(C(=O)N2CC(C)CC(C)C2)cc1NC(=O)COc1ccc(Cl)c2cccnc12. The number of aryl methyl sites for hydroxylation is 1. The van der Waals surface area contributed by atoms with E-state index in [2.05, 4.69) is 24.1 Å². The lowest BCUT2D eigenvalue weighted by Gasteiger charge is -2.35. The number of piperidine rings is 1. The van der Waals surface area contributed by atoms with Gasteiger partial charge in [0.05, 0.1) is 5.02 Å². The summed E-state index contributed by atoms with van der Waals surface area (Å²) in [5.41, 5.74) is 2.66. The normalized spacial score (nSPS) is 18.2. The predicted molar refractivity (Wildman–Crippen MR) is 131 cm³/mol. The highest BCUT2D eigenvalue weighted by Crippen LogP contribution is 2.30.